The van der Waals surface area contributed by atoms with Gasteiger partial charge in [-0.05, 0) is 19.1 Å². The second-order valence-electron chi connectivity index (χ2n) is 2.60. The van der Waals surface area contributed by atoms with Crippen molar-refractivity contribution in [1.29, 1.82) is 0 Å². The van der Waals surface area contributed by atoms with Crippen LogP contribution in [0.5, 0.6) is 0 Å². The molecule has 0 fully saturated rings. The summed E-state index contributed by atoms with van der Waals surface area (Å²) in [4.78, 5) is 11.4. The van der Waals surface area contributed by atoms with Gasteiger partial charge in [0.05, 0.1) is 6.04 Å². The average Bonchev–Trinajstić information content (AvgIpc) is 2.18. The molecule has 0 saturated heterocycles. The van der Waals surface area contributed by atoms with Crippen molar-refractivity contribution in [2.75, 3.05) is 0 Å². The van der Waals surface area contributed by atoms with Crippen LogP contribution in [0.25, 0.3) is 0 Å². The van der Waals surface area contributed by atoms with Crippen molar-refractivity contribution in [3.63, 3.8) is 0 Å². The molecule has 14 heavy (non-hydrogen) atoms. The molecular weight excluding hydrogens is 202 g/mol. The third kappa shape index (κ3) is 2.71. The molecule has 0 spiro atoms. The summed E-state index contributed by atoms with van der Waals surface area (Å²) in [6.45, 7) is 1.70. The Kier molecular flexibility index (Phi) is 3.43. The van der Waals surface area contributed by atoms with E-state index in [1.165, 1.54) is 12.1 Å². The highest BCUT2D eigenvalue weighted by atomic mass is 35.5. The average molecular weight is 210 g/mol. The van der Waals surface area contributed by atoms with Crippen LogP contribution in [0.4, 0.5) is 0 Å². The number of hydrogen-bond donors (Lipinski definition) is 1. The number of amides is 1. The van der Waals surface area contributed by atoms with Crippen LogP contribution < -0.4 is 5.32 Å². The lowest BCUT2D eigenvalue weighted by molar-refractivity contribution is 0.0942. The third-order valence-corrected chi connectivity index (χ3v) is 1.66. The van der Waals surface area contributed by atoms with Crippen LogP contribution in [0, 0.1) is 12.3 Å². The Morgan fingerprint density at radius 3 is 2.86 bits per heavy atom. The molecule has 1 atom stereocenters. The van der Waals surface area contributed by atoms with Gasteiger partial charge in [-0.3, -0.25) is 4.79 Å². The summed E-state index contributed by atoms with van der Waals surface area (Å²) in [6, 6.07) is 2.64. The second kappa shape index (κ2) is 4.58. The van der Waals surface area contributed by atoms with Gasteiger partial charge in [-0.2, -0.15) is 0 Å². The molecule has 1 aromatic heterocycles. The minimum absolute atomic E-state index is 0.191. The van der Waals surface area contributed by atoms with Gasteiger partial charge in [0.25, 0.3) is 5.91 Å². The van der Waals surface area contributed by atoms with Gasteiger partial charge >= 0.3 is 0 Å². The molecule has 0 bridgehead atoms. The topological polar surface area (TPSA) is 54.9 Å². The van der Waals surface area contributed by atoms with Gasteiger partial charge in [0.1, 0.15) is 0 Å². The highest BCUT2D eigenvalue weighted by Crippen LogP contribution is 2.01. The summed E-state index contributed by atoms with van der Waals surface area (Å²) in [5.41, 5.74) is 0.191. The van der Waals surface area contributed by atoms with Gasteiger partial charge in [-0.15, -0.1) is 16.6 Å². The molecule has 0 radical (unpaired) electrons. The fourth-order valence-corrected chi connectivity index (χ4v) is 0.850. The molecule has 1 N–H and O–H groups in total. The molecule has 5 heteroatoms. The van der Waals surface area contributed by atoms with Gasteiger partial charge in [-0.25, -0.2) is 0 Å². The van der Waals surface area contributed by atoms with Crippen molar-refractivity contribution in [2.24, 2.45) is 0 Å². The van der Waals surface area contributed by atoms with Crippen molar-refractivity contribution < 1.29 is 4.79 Å². The SMILES string of the molecule is C#CC(C)NC(=O)c1ccc(Cl)nn1. The second-order valence-corrected chi connectivity index (χ2v) is 2.99. The first-order valence-electron chi connectivity index (χ1n) is 3.89. The summed E-state index contributed by atoms with van der Waals surface area (Å²) < 4.78 is 0. The van der Waals surface area contributed by atoms with Crippen LogP contribution in [-0.2, 0) is 0 Å². The van der Waals surface area contributed by atoms with Crippen LogP contribution in [0.2, 0.25) is 5.15 Å². The van der Waals surface area contributed by atoms with Crippen molar-refractivity contribution in [3.05, 3.63) is 23.0 Å². The Labute approximate surface area is 86.7 Å². The van der Waals surface area contributed by atoms with Gasteiger partial charge in [0, 0.05) is 0 Å². The maximum absolute atomic E-state index is 11.4. The minimum atomic E-state index is -0.361. The summed E-state index contributed by atoms with van der Waals surface area (Å²) in [5.74, 6) is 2.01. The van der Waals surface area contributed by atoms with E-state index < -0.39 is 0 Å². The number of rotatable bonds is 2. The van der Waals surface area contributed by atoms with E-state index in [-0.39, 0.29) is 22.8 Å². The van der Waals surface area contributed by atoms with Crippen LogP contribution >= 0.6 is 11.6 Å². The van der Waals surface area contributed by atoms with Gasteiger partial charge in [0.2, 0.25) is 0 Å². The van der Waals surface area contributed by atoms with Crippen LogP contribution in [0.1, 0.15) is 17.4 Å². The molecule has 0 aliphatic rings. The van der Waals surface area contributed by atoms with E-state index in [0.717, 1.165) is 0 Å². The quantitative estimate of drug-likeness (QED) is 0.736. The van der Waals surface area contributed by atoms with Crippen LogP contribution in [-0.4, -0.2) is 22.1 Å². The third-order valence-electron chi connectivity index (χ3n) is 1.46. The van der Waals surface area contributed by atoms with Crippen LogP contribution in [0.15, 0.2) is 12.1 Å². The molecular formula is C9H8ClN3O. The van der Waals surface area contributed by atoms with Crippen molar-refractivity contribution in [2.45, 2.75) is 13.0 Å². The molecule has 0 aliphatic carbocycles. The van der Waals surface area contributed by atoms with Crippen molar-refractivity contribution in [1.82, 2.24) is 15.5 Å². The monoisotopic (exact) mass is 209 g/mol. The summed E-state index contributed by atoms with van der Waals surface area (Å²) in [7, 11) is 0. The number of aromatic nitrogens is 2. The summed E-state index contributed by atoms with van der Waals surface area (Å²) in [6.07, 6.45) is 5.10. The lowest BCUT2D eigenvalue weighted by Gasteiger charge is -2.05. The Balaban J connectivity index is 2.71. The Morgan fingerprint density at radius 2 is 2.36 bits per heavy atom. The fraction of sp³-hybridized carbons (Fsp3) is 0.222. The summed E-state index contributed by atoms with van der Waals surface area (Å²) in [5, 5.41) is 9.93. The zero-order chi connectivity index (χ0) is 10.6. The first-order chi connectivity index (χ1) is 6.63. The molecule has 4 nitrogen and oxygen atoms in total. The molecule has 1 rings (SSSR count). The lowest BCUT2D eigenvalue weighted by Crippen LogP contribution is -2.32. The molecule has 1 unspecified atom stereocenters. The fourth-order valence-electron chi connectivity index (χ4n) is 0.749. The molecule has 1 heterocycles. The normalized spacial score (nSPS) is 11.5. The molecule has 72 valence electrons. The Bertz CT molecular complexity index is 369. The van der Waals surface area contributed by atoms with E-state index in [1.807, 2.05) is 0 Å². The minimum Gasteiger partial charge on any atom is -0.337 e. The summed E-state index contributed by atoms with van der Waals surface area (Å²) >= 11 is 5.51. The zero-order valence-electron chi connectivity index (χ0n) is 7.49. The smallest absolute Gasteiger partial charge is 0.272 e. The van der Waals surface area contributed by atoms with Crippen LogP contribution in [0.3, 0.4) is 0 Å². The number of carbonyl (C=O) groups excluding carboxylic acids is 1. The standard InChI is InChI=1S/C9H8ClN3O/c1-3-6(2)11-9(14)7-4-5-8(10)13-12-7/h1,4-6H,2H3,(H,11,14). The van der Waals surface area contributed by atoms with E-state index in [2.05, 4.69) is 21.4 Å². The molecule has 0 saturated carbocycles. The molecule has 1 aromatic rings. The maximum Gasteiger partial charge on any atom is 0.272 e. The van der Waals surface area contributed by atoms with E-state index in [0.29, 0.717) is 0 Å². The number of hydrogen-bond acceptors (Lipinski definition) is 3. The number of carbonyl (C=O) groups is 1. The largest absolute Gasteiger partial charge is 0.337 e. The zero-order valence-corrected chi connectivity index (χ0v) is 8.25. The number of nitrogens with zero attached hydrogens (tertiary/aromatic N) is 2. The highest BCUT2D eigenvalue weighted by Gasteiger charge is 2.09. The van der Waals surface area contributed by atoms with Gasteiger partial charge < -0.3 is 5.32 Å². The predicted octanol–water partition coefficient (Wildman–Crippen LogP) is 0.881. The molecule has 1 amide bonds. The van der Waals surface area contributed by atoms with Gasteiger partial charge in [0.15, 0.2) is 10.8 Å². The first-order valence-corrected chi connectivity index (χ1v) is 4.27. The highest BCUT2D eigenvalue weighted by molar-refractivity contribution is 6.29. The molecule has 0 aliphatic heterocycles. The van der Waals surface area contributed by atoms with Crippen molar-refractivity contribution in [3.8, 4) is 12.3 Å². The van der Waals surface area contributed by atoms with E-state index >= 15 is 0 Å². The number of terminal acetylenes is 1. The predicted molar refractivity (Wildman–Crippen MR) is 52.8 cm³/mol. The van der Waals surface area contributed by atoms with Gasteiger partial charge in [-0.1, -0.05) is 17.5 Å². The lowest BCUT2D eigenvalue weighted by atomic mass is 10.3. The first kappa shape index (κ1) is 10.5. The molecule has 0 aromatic carbocycles. The number of nitrogens with one attached hydrogen (secondary N) is 1. The Morgan fingerprint density at radius 1 is 1.64 bits per heavy atom. The number of halogens is 1. The maximum atomic E-state index is 11.4. The van der Waals surface area contributed by atoms with E-state index in [1.54, 1.807) is 6.92 Å². The van der Waals surface area contributed by atoms with Crippen molar-refractivity contribution >= 4 is 17.5 Å². The van der Waals surface area contributed by atoms with E-state index in [4.69, 9.17) is 18.0 Å². The Hall–Kier alpha value is -1.60. The van der Waals surface area contributed by atoms with E-state index in [9.17, 15) is 4.79 Å².